The van der Waals surface area contributed by atoms with Gasteiger partial charge in [0.2, 0.25) is 5.88 Å². The standard InChI is InChI=1S/C22H24F3N3O3/c23-22(24,25)17-6-7-20(26-12-17)31-18-8-9-28(14-18)21(29)19-15-27(10-11-30-19)13-16-4-2-1-3-5-16/h1-7,12,18-19H,8-11,13-15H2/t18-,19-/m1/s1. The summed E-state index contributed by atoms with van der Waals surface area (Å²) >= 11 is 0. The van der Waals surface area contributed by atoms with E-state index in [0.29, 0.717) is 32.7 Å². The molecule has 3 heterocycles. The van der Waals surface area contributed by atoms with E-state index in [1.807, 2.05) is 18.2 Å². The average molecular weight is 435 g/mol. The van der Waals surface area contributed by atoms with Gasteiger partial charge >= 0.3 is 6.18 Å². The molecule has 31 heavy (non-hydrogen) atoms. The first-order valence-electron chi connectivity index (χ1n) is 10.2. The number of carbonyl (C=O) groups is 1. The minimum absolute atomic E-state index is 0.0794. The Morgan fingerprint density at radius 3 is 2.65 bits per heavy atom. The van der Waals surface area contributed by atoms with Crippen LogP contribution in [0.1, 0.15) is 17.5 Å². The van der Waals surface area contributed by atoms with Crippen LogP contribution in [0, 0.1) is 0 Å². The summed E-state index contributed by atoms with van der Waals surface area (Å²) in [6.07, 6.45) is -3.92. The maximum Gasteiger partial charge on any atom is 0.417 e. The number of rotatable bonds is 5. The highest BCUT2D eigenvalue weighted by Gasteiger charge is 2.35. The van der Waals surface area contributed by atoms with E-state index in [0.717, 1.165) is 25.4 Å². The number of aromatic nitrogens is 1. The summed E-state index contributed by atoms with van der Waals surface area (Å²) < 4.78 is 49.4. The molecule has 0 saturated carbocycles. The smallest absolute Gasteiger partial charge is 0.417 e. The Labute approximate surface area is 178 Å². The normalized spacial score (nSPS) is 22.5. The number of alkyl halides is 3. The Morgan fingerprint density at radius 1 is 1.13 bits per heavy atom. The molecule has 0 spiro atoms. The first kappa shape index (κ1) is 21.6. The third kappa shape index (κ3) is 5.54. The quantitative estimate of drug-likeness (QED) is 0.723. The van der Waals surface area contributed by atoms with Gasteiger partial charge in [-0.15, -0.1) is 0 Å². The molecular formula is C22H24F3N3O3. The van der Waals surface area contributed by atoms with Crippen LogP contribution in [0.2, 0.25) is 0 Å². The number of hydrogen-bond acceptors (Lipinski definition) is 5. The average Bonchev–Trinajstić information content (AvgIpc) is 3.22. The number of benzene rings is 1. The number of amides is 1. The topological polar surface area (TPSA) is 54.9 Å². The van der Waals surface area contributed by atoms with Gasteiger partial charge in [-0.25, -0.2) is 4.98 Å². The van der Waals surface area contributed by atoms with Crippen LogP contribution in [0.4, 0.5) is 13.2 Å². The van der Waals surface area contributed by atoms with Gasteiger partial charge in [0.1, 0.15) is 12.2 Å². The van der Waals surface area contributed by atoms with E-state index in [1.165, 1.54) is 11.6 Å². The van der Waals surface area contributed by atoms with Gasteiger partial charge < -0.3 is 14.4 Å². The summed E-state index contributed by atoms with van der Waals surface area (Å²) in [7, 11) is 0. The molecule has 0 bridgehead atoms. The Kier molecular flexibility index (Phi) is 6.43. The number of carbonyl (C=O) groups excluding carboxylic acids is 1. The van der Waals surface area contributed by atoms with Crippen molar-refractivity contribution in [1.82, 2.24) is 14.8 Å². The predicted octanol–water partition coefficient (Wildman–Crippen LogP) is 2.98. The van der Waals surface area contributed by atoms with E-state index in [2.05, 4.69) is 22.0 Å². The predicted molar refractivity (Wildman–Crippen MR) is 106 cm³/mol. The van der Waals surface area contributed by atoms with Gasteiger partial charge in [0.15, 0.2) is 0 Å². The van der Waals surface area contributed by atoms with Crippen LogP contribution in [0.5, 0.6) is 5.88 Å². The third-order valence-corrected chi connectivity index (χ3v) is 5.48. The van der Waals surface area contributed by atoms with Crippen LogP contribution < -0.4 is 4.74 Å². The fraction of sp³-hybridized carbons (Fsp3) is 0.455. The van der Waals surface area contributed by atoms with Crippen molar-refractivity contribution in [2.45, 2.75) is 31.3 Å². The molecule has 2 aliphatic rings. The van der Waals surface area contributed by atoms with Gasteiger partial charge in [-0.1, -0.05) is 30.3 Å². The largest absolute Gasteiger partial charge is 0.472 e. The molecule has 0 aliphatic carbocycles. The molecule has 0 unspecified atom stereocenters. The molecule has 4 rings (SSSR count). The summed E-state index contributed by atoms with van der Waals surface area (Å²) in [4.78, 5) is 20.6. The van der Waals surface area contributed by atoms with Crippen LogP contribution in [-0.4, -0.2) is 65.7 Å². The van der Waals surface area contributed by atoms with E-state index in [1.54, 1.807) is 4.90 Å². The summed E-state index contributed by atoms with van der Waals surface area (Å²) in [5.41, 5.74) is 0.367. The van der Waals surface area contributed by atoms with Gasteiger partial charge in [0.05, 0.1) is 18.7 Å². The lowest BCUT2D eigenvalue weighted by atomic mass is 10.2. The fourth-order valence-corrected chi connectivity index (χ4v) is 3.85. The molecule has 0 radical (unpaired) electrons. The van der Waals surface area contributed by atoms with Crippen molar-refractivity contribution >= 4 is 5.91 Å². The second kappa shape index (κ2) is 9.23. The van der Waals surface area contributed by atoms with Crippen molar-refractivity contribution in [2.75, 3.05) is 32.8 Å². The number of hydrogen-bond donors (Lipinski definition) is 0. The van der Waals surface area contributed by atoms with Crippen LogP contribution in [0.3, 0.4) is 0 Å². The Hall–Kier alpha value is -2.65. The van der Waals surface area contributed by atoms with Crippen molar-refractivity contribution in [3.8, 4) is 5.88 Å². The summed E-state index contributed by atoms with van der Waals surface area (Å²) in [6, 6.07) is 12.2. The Bertz CT molecular complexity index is 877. The third-order valence-electron chi connectivity index (χ3n) is 5.48. The molecule has 9 heteroatoms. The summed E-state index contributed by atoms with van der Waals surface area (Å²) in [6.45, 7) is 3.43. The van der Waals surface area contributed by atoms with Crippen molar-refractivity contribution in [2.24, 2.45) is 0 Å². The number of nitrogens with zero attached hydrogens (tertiary/aromatic N) is 3. The van der Waals surface area contributed by atoms with Crippen LogP contribution >= 0.6 is 0 Å². The van der Waals surface area contributed by atoms with Crippen LogP contribution in [-0.2, 0) is 22.3 Å². The fourth-order valence-electron chi connectivity index (χ4n) is 3.85. The lowest BCUT2D eigenvalue weighted by molar-refractivity contribution is -0.149. The SMILES string of the molecule is O=C([C@H]1CN(Cc2ccccc2)CCO1)N1CC[C@@H](Oc2ccc(C(F)(F)F)cn2)C1. The molecule has 1 aromatic heterocycles. The van der Waals surface area contributed by atoms with Crippen LogP contribution in [0.15, 0.2) is 48.7 Å². The molecule has 0 N–H and O–H groups in total. The van der Waals surface area contributed by atoms with Crippen molar-refractivity contribution in [3.63, 3.8) is 0 Å². The zero-order valence-electron chi connectivity index (χ0n) is 16.9. The highest BCUT2D eigenvalue weighted by atomic mass is 19.4. The summed E-state index contributed by atoms with van der Waals surface area (Å²) in [5.74, 6) is 0.0412. The molecule has 1 amide bonds. The highest BCUT2D eigenvalue weighted by Crippen LogP contribution is 2.29. The van der Waals surface area contributed by atoms with Crippen molar-refractivity contribution < 1.29 is 27.4 Å². The molecule has 166 valence electrons. The molecular weight excluding hydrogens is 411 g/mol. The van der Waals surface area contributed by atoms with Gasteiger partial charge in [-0.2, -0.15) is 13.2 Å². The lowest BCUT2D eigenvalue weighted by Gasteiger charge is -2.34. The number of pyridine rings is 1. The molecule has 6 nitrogen and oxygen atoms in total. The first-order valence-corrected chi connectivity index (χ1v) is 10.2. The molecule has 1 aromatic carbocycles. The van der Waals surface area contributed by atoms with E-state index in [-0.39, 0.29) is 17.9 Å². The maximum atomic E-state index is 12.9. The summed E-state index contributed by atoms with van der Waals surface area (Å²) in [5, 5.41) is 0. The molecule has 2 atom stereocenters. The Balaban J connectivity index is 1.29. The minimum Gasteiger partial charge on any atom is -0.472 e. The second-order valence-corrected chi connectivity index (χ2v) is 7.78. The molecule has 2 fully saturated rings. The zero-order chi connectivity index (χ0) is 21.8. The van der Waals surface area contributed by atoms with Crippen molar-refractivity contribution in [3.05, 3.63) is 59.8 Å². The van der Waals surface area contributed by atoms with Gasteiger partial charge in [-0.3, -0.25) is 9.69 Å². The van der Waals surface area contributed by atoms with E-state index in [9.17, 15) is 18.0 Å². The Morgan fingerprint density at radius 2 is 1.94 bits per heavy atom. The molecule has 2 aliphatic heterocycles. The van der Waals surface area contributed by atoms with Crippen molar-refractivity contribution in [1.29, 1.82) is 0 Å². The molecule has 2 aromatic rings. The van der Waals surface area contributed by atoms with Gasteiger partial charge in [-0.05, 0) is 11.6 Å². The lowest BCUT2D eigenvalue weighted by Crippen LogP contribution is -2.50. The van der Waals surface area contributed by atoms with Crippen LogP contribution in [0.25, 0.3) is 0 Å². The maximum absolute atomic E-state index is 12.9. The number of likely N-dealkylation sites (tertiary alicyclic amines) is 1. The zero-order valence-corrected chi connectivity index (χ0v) is 16.9. The van der Waals surface area contributed by atoms with E-state index in [4.69, 9.17) is 9.47 Å². The number of morpholine rings is 1. The first-order chi connectivity index (χ1) is 14.9. The van der Waals surface area contributed by atoms with Gasteiger partial charge in [0, 0.05) is 44.9 Å². The number of halogens is 3. The minimum atomic E-state index is -4.43. The number of ether oxygens (including phenoxy) is 2. The second-order valence-electron chi connectivity index (χ2n) is 7.78. The molecule has 2 saturated heterocycles. The van der Waals surface area contributed by atoms with E-state index < -0.39 is 17.8 Å². The highest BCUT2D eigenvalue weighted by molar-refractivity contribution is 5.81. The van der Waals surface area contributed by atoms with Gasteiger partial charge in [0.25, 0.3) is 5.91 Å². The monoisotopic (exact) mass is 435 g/mol. The van der Waals surface area contributed by atoms with E-state index >= 15 is 0 Å².